The summed E-state index contributed by atoms with van der Waals surface area (Å²) < 4.78 is 63.0. The van der Waals surface area contributed by atoms with Crippen LogP contribution in [0.2, 0.25) is 0 Å². The second-order valence-electron chi connectivity index (χ2n) is 5.63. The fourth-order valence-corrected chi connectivity index (χ4v) is 2.99. The number of alkyl halides is 3. The Morgan fingerprint density at radius 3 is 2.19 bits per heavy atom. The van der Waals surface area contributed by atoms with Crippen LogP contribution in [-0.4, -0.2) is 32.6 Å². The lowest BCUT2D eigenvalue weighted by molar-refractivity contribution is -0.137. The summed E-state index contributed by atoms with van der Waals surface area (Å²) in [5.41, 5.74) is -0.337. The molecule has 0 unspecified atom stereocenters. The molecule has 0 fully saturated rings. The van der Waals surface area contributed by atoms with Crippen LogP contribution in [0, 0.1) is 0 Å². The molecular weight excluding hydrogens is 367 g/mol. The zero-order chi connectivity index (χ0) is 19.5. The van der Waals surface area contributed by atoms with Crippen molar-refractivity contribution in [3.63, 3.8) is 0 Å². The average Bonchev–Trinajstić information content (AvgIpc) is 2.59. The number of nitrogens with zero attached hydrogens (tertiary/aromatic N) is 1. The lowest BCUT2D eigenvalue weighted by Gasteiger charge is -2.11. The first-order valence-corrected chi connectivity index (χ1v) is 8.88. The van der Waals surface area contributed by atoms with Gasteiger partial charge in [-0.15, -0.1) is 0 Å². The van der Waals surface area contributed by atoms with Crippen molar-refractivity contribution in [1.82, 2.24) is 4.31 Å². The van der Waals surface area contributed by atoms with E-state index in [-0.39, 0.29) is 16.0 Å². The number of halogens is 3. The Labute approximate surface area is 149 Å². The lowest BCUT2D eigenvalue weighted by atomic mass is 10.1. The molecule has 0 aliphatic carbocycles. The van der Waals surface area contributed by atoms with Crippen molar-refractivity contribution >= 4 is 21.9 Å². The second kappa shape index (κ2) is 7.43. The summed E-state index contributed by atoms with van der Waals surface area (Å²) in [6, 6.07) is 9.92. The van der Waals surface area contributed by atoms with E-state index < -0.39 is 27.5 Å². The zero-order valence-electron chi connectivity index (χ0n) is 14.0. The number of rotatable bonds is 5. The molecule has 0 saturated carbocycles. The number of ketones is 1. The molecule has 0 aliphatic heterocycles. The maximum atomic E-state index is 12.7. The van der Waals surface area contributed by atoms with Crippen molar-refractivity contribution in [2.75, 3.05) is 14.1 Å². The molecule has 138 valence electrons. The molecule has 2 aromatic rings. The van der Waals surface area contributed by atoms with Crippen LogP contribution >= 0.6 is 0 Å². The van der Waals surface area contributed by atoms with E-state index in [0.717, 1.165) is 22.5 Å². The highest BCUT2D eigenvalue weighted by atomic mass is 32.2. The molecule has 0 radical (unpaired) electrons. The standard InChI is InChI=1S/C18H16F3NO3S/c1-22(2)26(24,25)16-9-7-14(8-10-16)17(23)11-6-13-4-3-5-15(12-13)18(19,20)21/h3-12H,1-2H3/b11-6+. The maximum absolute atomic E-state index is 12.7. The number of hydrogen-bond acceptors (Lipinski definition) is 3. The third kappa shape index (κ3) is 4.59. The second-order valence-corrected chi connectivity index (χ2v) is 7.78. The molecule has 0 saturated heterocycles. The van der Waals surface area contributed by atoms with E-state index in [4.69, 9.17) is 0 Å². The predicted molar refractivity (Wildman–Crippen MR) is 92.1 cm³/mol. The number of allylic oxidation sites excluding steroid dienone is 1. The monoisotopic (exact) mass is 383 g/mol. The highest BCUT2D eigenvalue weighted by Crippen LogP contribution is 2.29. The van der Waals surface area contributed by atoms with Gasteiger partial charge in [0.25, 0.3) is 0 Å². The molecule has 0 aliphatic rings. The highest BCUT2D eigenvalue weighted by molar-refractivity contribution is 7.89. The molecule has 0 spiro atoms. The minimum absolute atomic E-state index is 0.0425. The summed E-state index contributed by atoms with van der Waals surface area (Å²) in [5, 5.41) is 0. The largest absolute Gasteiger partial charge is 0.416 e. The van der Waals surface area contributed by atoms with E-state index in [9.17, 15) is 26.4 Å². The first kappa shape index (κ1) is 19.9. The van der Waals surface area contributed by atoms with Gasteiger partial charge >= 0.3 is 6.18 Å². The van der Waals surface area contributed by atoms with Crippen molar-refractivity contribution in [1.29, 1.82) is 0 Å². The molecule has 26 heavy (non-hydrogen) atoms. The van der Waals surface area contributed by atoms with Gasteiger partial charge in [-0.05, 0) is 48.0 Å². The fourth-order valence-electron chi connectivity index (χ4n) is 2.09. The third-order valence-electron chi connectivity index (χ3n) is 3.56. The molecule has 4 nitrogen and oxygen atoms in total. The van der Waals surface area contributed by atoms with E-state index in [0.29, 0.717) is 0 Å². The Bertz CT molecular complexity index is 931. The Hall–Kier alpha value is -2.45. The average molecular weight is 383 g/mol. The van der Waals surface area contributed by atoms with Crippen molar-refractivity contribution in [2.24, 2.45) is 0 Å². The Morgan fingerprint density at radius 1 is 1.04 bits per heavy atom. The molecule has 0 amide bonds. The van der Waals surface area contributed by atoms with Crippen molar-refractivity contribution in [3.05, 3.63) is 71.3 Å². The molecule has 0 N–H and O–H groups in total. The molecule has 0 atom stereocenters. The summed E-state index contributed by atoms with van der Waals surface area (Å²) in [5.74, 6) is -0.448. The predicted octanol–water partition coefficient (Wildman–Crippen LogP) is 3.85. The molecule has 2 aromatic carbocycles. The number of sulfonamides is 1. The van der Waals surface area contributed by atoms with Crippen LogP contribution in [-0.2, 0) is 16.2 Å². The van der Waals surface area contributed by atoms with Crippen LogP contribution in [0.5, 0.6) is 0 Å². The van der Waals surface area contributed by atoms with E-state index in [2.05, 4.69) is 0 Å². The topological polar surface area (TPSA) is 54.5 Å². The van der Waals surface area contributed by atoms with Gasteiger partial charge in [0, 0.05) is 19.7 Å². The van der Waals surface area contributed by atoms with E-state index in [1.165, 1.54) is 56.6 Å². The van der Waals surface area contributed by atoms with E-state index >= 15 is 0 Å². The van der Waals surface area contributed by atoms with Crippen LogP contribution in [0.25, 0.3) is 6.08 Å². The van der Waals surface area contributed by atoms with Crippen molar-refractivity contribution < 1.29 is 26.4 Å². The number of carbonyl (C=O) groups is 1. The van der Waals surface area contributed by atoms with E-state index in [1.54, 1.807) is 0 Å². The van der Waals surface area contributed by atoms with Crippen LogP contribution in [0.1, 0.15) is 21.5 Å². The summed E-state index contributed by atoms with van der Waals surface area (Å²) in [7, 11) is -0.806. The van der Waals surface area contributed by atoms with Gasteiger partial charge in [-0.25, -0.2) is 12.7 Å². The van der Waals surface area contributed by atoms with Crippen LogP contribution in [0.15, 0.2) is 59.5 Å². The van der Waals surface area contributed by atoms with Crippen molar-refractivity contribution in [2.45, 2.75) is 11.1 Å². The van der Waals surface area contributed by atoms with Crippen LogP contribution < -0.4 is 0 Å². The first-order valence-electron chi connectivity index (χ1n) is 7.44. The Balaban J connectivity index is 2.19. The summed E-state index contributed by atoms with van der Waals surface area (Å²) in [6.45, 7) is 0. The van der Waals surface area contributed by atoms with Crippen LogP contribution in [0.4, 0.5) is 13.2 Å². The van der Waals surface area contributed by atoms with Gasteiger partial charge in [-0.3, -0.25) is 4.79 Å². The van der Waals surface area contributed by atoms with Gasteiger partial charge in [0.2, 0.25) is 10.0 Å². The smallest absolute Gasteiger partial charge is 0.289 e. The van der Waals surface area contributed by atoms with Gasteiger partial charge in [0.05, 0.1) is 10.5 Å². The Morgan fingerprint density at radius 2 is 1.65 bits per heavy atom. The highest BCUT2D eigenvalue weighted by Gasteiger charge is 2.30. The third-order valence-corrected chi connectivity index (χ3v) is 5.39. The van der Waals surface area contributed by atoms with Gasteiger partial charge < -0.3 is 0 Å². The quantitative estimate of drug-likeness (QED) is 0.582. The number of benzene rings is 2. The molecule has 2 rings (SSSR count). The van der Waals surface area contributed by atoms with Gasteiger partial charge in [-0.2, -0.15) is 13.2 Å². The van der Waals surface area contributed by atoms with Gasteiger partial charge in [0.15, 0.2) is 5.78 Å². The Kier molecular flexibility index (Phi) is 5.68. The minimum atomic E-state index is -4.46. The van der Waals surface area contributed by atoms with E-state index in [1.807, 2.05) is 0 Å². The van der Waals surface area contributed by atoms with Crippen molar-refractivity contribution in [3.8, 4) is 0 Å². The molecule has 8 heteroatoms. The fraction of sp³-hybridized carbons (Fsp3) is 0.167. The first-order chi connectivity index (χ1) is 12.0. The SMILES string of the molecule is CN(C)S(=O)(=O)c1ccc(C(=O)/C=C/c2cccc(C(F)(F)F)c2)cc1. The lowest BCUT2D eigenvalue weighted by Crippen LogP contribution is -2.22. The maximum Gasteiger partial charge on any atom is 0.416 e. The number of hydrogen-bond donors (Lipinski definition) is 0. The molecule has 0 aromatic heterocycles. The normalized spacial score (nSPS) is 12.7. The molecular formula is C18H16F3NO3S. The van der Waals surface area contributed by atoms with Gasteiger partial charge in [-0.1, -0.05) is 18.2 Å². The van der Waals surface area contributed by atoms with Gasteiger partial charge in [0.1, 0.15) is 0 Å². The summed E-state index contributed by atoms with van der Waals surface area (Å²) in [4.78, 5) is 12.2. The molecule has 0 heterocycles. The van der Waals surface area contributed by atoms with Crippen LogP contribution in [0.3, 0.4) is 0 Å². The molecule has 0 bridgehead atoms. The number of carbonyl (C=O) groups excluding carboxylic acids is 1. The summed E-state index contributed by atoms with van der Waals surface area (Å²) >= 11 is 0. The minimum Gasteiger partial charge on any atom is -0.289 e. The zero-order valence-corrected chi connectivity index (χ0v) is 14.8. The summed E-state index contributed by atoms with van der Waals surface area (Å²) in [6.07, 6.45) is -2.03.